The standard InChI is InChI=1S/C29H40N2O4.C28H39N3O3.C28H38N2O4/c1-20(2)26(30-27(33)14-11-22-9-12-25(32)13-10-22)19-31-16-15-29(4,21(3)18-31)24-8-6-7-23(17-24)28(34)35-5;1-19(2)25(30-26(33)13-10-21-8-11-24(32)12-9-21)18-31-15-14-28(4,20(3)17-31)23-7-5-6-22(16-23)27(29)34;1-19(2)25(29-26(32)13-10-21-8-11-24(31)12-9-21)18-30-15-14-28(4,20(3)17-30)23-7-5-6-22(16-23)27(33)34/h6-10,12-13,17,20-21,26,32H,11,14-16,18-19H2,1-5H3,(H,30,33);5-9,11-12,16,19-20,25,32H,10,13-15,17-18H2,1-4H3,(H2,29,34)(H,30,33);5-9,11-12,16,19-20,25,31H,10,13-15,17-18H2,1-4H3,(H,29,32)(H,33,34)/t21-,26+,29+;2*20-,25+,28+/m000/s1. The zero-order chi connectivity index (χ0) is 75.3. The molecule has 0 radical (unpaired) electrons. The first kappa shape index (κ1) is 81.7. The predicted molar refractivity (Wildman–Crippen MR) is 408 cm³/mol. The number of aromatic hydroxyl groups is 3. The fourth-order valence-electron chi connectivity index (χ4n) is 14.6. The number of phenolic OH excluding ortho intramolecular Hbond substituents is 3. The van der Waals surface area contributed by atoms with Crippen molar-refractivity contribution >= 4 is 35.6 Å². The Morgan fingerprint density at radius 2 is 0.738 bits per heavy atom. The molecular formula is C85H117N7O11. The van der Waals surface area contributed by atoms with Crippen LogP contribution in [-0.2, 0) is 54.6 Å². The number of carbonyl (C=O) groups excluding carboxylic acids is 5. The van der Waals surface area contributed by atoms with E-state index in [1.54, 1.807) is 54.6 Å². The quantitative estimate of drug-likeness (QED) is 0.0223. The number of amides is 4. The number of carboxylic acid groups (broad SMARTS) is 1. The van der Waals surface area contributed by atoms with Crippen LogP contribution in [-0.4, -0.2) is 155 Å². The Bertz CT molecular complexity index is 3590. The van der Waals surface area contributed by atoms with Crippen molar-refractivity contribution in [3.63, 3.8) is 0 Å². The molecule has 4 amide bonds. The van der Waals surface area contributed by atoms with Crippen LogP contribution in [0.3, 0.4) is 0 Å². The maximum absolute atomic E-state index is 12.7. The number of methoxy groups -OCH3 is 1. The summed E-state index contributed by atoms with van der Waals surface area (Å²) in [5, 5.41) is 47.4. The summed E-state index contributed by atoms with van der Waals surface area (Å²) in [6.45, 7) is 34.5. The maximum Gasteiger partial charge on any atom is 0.337 e. The minimum atomic E-state index is -0.892. The summed E-state index contributed by atoms with van der Waals surface area (Å²) in [7, 11) is 1.41. The van der Waals surface area contributed by atoms with Crippen LogP contribution in [0.2, 0.25) is 0 Å². The average molecular weight is 1410 g/mol. The second kappa shape index (κ2) is 37.7. The van der Waals surface area contributed by atoms with Gasteiger partial charge in [-0.15, -0.1) is 0 Å². The van der Waals surface area contributed by atoms with E-state index in [-0.39, 0.29) is 75.3 Å². The Labute approximate surface area is 612 Å². The average Bonchev–Trinajstić information content (AvgIpc) is 0.792. The van der Waals surface area contributed by atoms with Gasteiger partial charge in [0.25, 0.3) is 0 Å². The molecular weight excluding hydrogens is 1290 g/mol. The molecule has 9 N–H and O–H groups in total. The van der Waals surface area contributed by atoms with Gasteiger partial charge in [0.2, 0.25) is 23.6 Å². The van der Waals surface area contributed by atoms with E-state index >= 15 is 0 Å². The molecule has 9 rings (SSSR count). The van der Waals surface area contributed by atoms with Gasteiger partial charge >= 0.3 is 11.9 Å². The first-order chi connectivity index (χ1) is 48.8. The molecule has 18 nitrogen and oxygen atoms in total. The van der Waals surface area contributed by atoms with Gasteiger partial charge in [0, 0.05) is 82.2 Å². The van der Waals surface area contributed by atoms with Crippen LogP contribution in [0.25, 0.3) is 0 Å². The van der Waals surface area contributed by atoms with Gasteiger partial charge in [-0.1, -0.05) is 156 Å². The molecule has 0 saturated carbocycles. The third-order valence-electron chi connectivity index (χ3n) is 22.8. The van der Waals surface area contributed by atoms with Crippen LogP contribution in [0.15, 0.2) is 146 Å². The van der Waals surface area contributed by atoms with E-state index in [0.717, 1.165) is 100 Å². The number of nitrogens with zero attached hydrogens (tertiary/aromatic N) is 3. The lowest BCUT2D eigenvalue weighted by Gasteiger charge is -2.46. The van der Waals surface area contributed by atoms with Crippen molar-refractivity contribution in [2.24, 2.45) is 41.2 Å². The van der Waals surface area contributed by atoms with Gasteiger partial charge in [0.15, 0.2) is 0 Å². The number of piperidine rings is 3. The van der Waals surface area contributed by atoms with Crippen molar-refractivity contribution in [2.75, 3.05) is 66.0 Å². The Hall–Kier alpha value is -8.58. The molecule has 9 atom stereocenters. The number of benzene rings is 6. The Morgan fingerprint density at radius 1 is 0.456 bits per heavy atom. The van der Waals surface area contributed by atoms with Crippen molar-refractivity contribution in [1.82, 2.24) is 30.7 Å². The number of carboxylic acids is 1. The highest BCUT2D eigenvalue weighted by Gasteiger charge is 2.42. The summed E-state index contributed by atoms with van der Waals surface area (Å²) < 4.78 is 4.91. The van der Waals surface area contributed by atoms with Gasteiger partial charge < -0.3 is 61.5 Å². The Kier molecular flexibility index (Phi) is 29.9. The number of likely N-dealkylation sites (tertiary alicyclic amines) is 3. The zero-order valence-electron chi connectivity index (χ0n) is 63.3. The number of aryl methyl sites for hydroxylation is 3. The van der Waals surface area contributed by atoms with Gasteiger partial charge in [0.05, 0.1) is 18.2 Å². The topological polar surface area (TPSA) is 264 Å². The highest BCUT2D eigenvalue weighted by molar-refractivity contribution is 5.93. The highest BCUT2D eigenvalue weighted by Crippen LogP contribution is 2.43. The number of esters is 1. The van der Waals surface area contributed by atoms with Crippen LogP contribution in [0.5, 0.6) is 17.2 Å². The lowest BCUT2D eigenvalue weighted by Crippen LogP contribution is -2.53. The molecule has 3 saturated heterocycles. The summed E-state index contributed by atoms with van der Waals surface area (Å²) in [5.41, 5.74) is 13.4. The summed E-state index contributed by atoms with van der Waals surface area (Å²) in [5.74, 6) is 1.39. The van der Waals surface area contributed by atoms with Crippen molar-refractivity contribution in [3.8, 4) is 17.2 Å². The molecule has 3 aliphatic rings. The van der Waals surface area contributed by atoms with E-state index in [1.807, 2.05) is 78.9 Å². The number of ether oxygens (including phenoxy) is 1. The van der Waals surface area contributed by atoms with Gasteiger partial charge in [-0.25, -0.2) is 9.59 Å². The van der Waals surface area contributed by atoms with Crippen molar-refractivity contribution in [3.05, 3.63) is 196 Å². The molecule has 0 bridgehead atoms. The molecule has 103 heavy (non-hydrogen) atoms. The molecule has 3 aliphatic heterocycles. The van der Waals surface area contributed by atoms with Gasteiger partial charge in [-0.05, 0) is 216 Å². The third-order valence-corrected chi connectivity index (χ3v) is 22.8. The molecule has 3 heterocycles. The van der Waals surface area contributed by atoms with E-state index < -0.39 is 11.9 Å². The van der Waals surface area contributed by atoms with Crippen LogP contribution >= 0.6 is 0 Å². The highest BCUT2D eigenvalue weighted by atomic mass is 16.5. The second-order valence-corrected chi connectivity index (χ2v) is 31.1. The van der Waals surface area contributed by atoms with Crippen molar-refractivity contribution in [1.29, 1.82) is 0 Å². The van der Waals surface area contributed by atoms with Crippen molar-refractivity contribution < 1.29 is 53.9 Å². The summed E-state index contributed by atoms with van der Waals surface area (Å²) in [6.07, 6.45) is 6.14. The van der Waals surface area contributed by atoms with Gasteiger partial charge in [-0.3, -0.25) is 19.2 Å². The third kappa shape index (κ3) is 23.5. The number of hydrogen-bond acceptors (Lipinski definition) is 13. The first-order valence-corrected chi connectivity index (χ1v) is 37.1. The number of carbonyl (C=O) groups is 6. The SMILES string of the molecule is CC(C)[C@@H](CN1CC[C@@](C)(c2cccc(C(=O)O)c2)[C@@H](C)C1)NC(=O)CCc1ccc(O)cc1.CC(C)[C@@H](CN1CC[C@@](C)(c2cccc(C(N)=O)c2)[C@@H](C)C1)NC(=O)CCc1ccc(O)cc1.COC(=O)c1cccc([C@]2(C)CCN(C[C@@H](NC(=O)CCc3ccc(O)cc3)C(C)C)C[C@@H]2C)c1. The zero-order valence-corrected chi connectivity index (χ0v) is 63.3. The lowest BCUT2D eigenvalue weighted by molar-refractivity contribution is -0.123. The van der Waals surface area contributed by atoms with Gasteiger partial charge in [0.1, 0.15) is 17.2 Å². The predicted octanol–water partition coefficient (Wildman–Crippen LogP) is 12.9. The Balaban J connectivity index is 0.000000216. The summed E-state index contributed by atoms with van der Waals surface area (Å²) in [6, 6.07) is 44.2. The monoisotopic (exact) mass is 1410 g/mol. The molecule has 6 aromatic carbocycles. The summed E-state index contributed by atoms with van der Waals surface area (Å²) in [4.78, 5) is 80.5. The van der Waals surface area contributed by atoms with E-state index in [4.69, 9.17) is 10.5 Å². The Morgan fingerprint density at radius 3 is 1.01 bits per heavy atom. The van der Waals surface area contributed by atoms with Crippen LogP contribution in [0.1, 0.15) is 186 Å². The first-order valence-electron chi connectivity index (χ1n) is 37.1. The summed E-state index contributed by atoms with van der Waals surface area (Å²) >= 11 is 0. The largest absolute Gasteiger partial charge is 0.508 e. The lowest BCUT2D eigenvalue weighted by atomic mass is 9.67. The number of aromatic carboxylic acids is 1. The molecule has 0 aliphatic carbocycles. The van der Waals surface area contributed by atoms with E-state index in [1.165, 1.54) is 18.2 Å². The molecule has 18 heteroatoms. The molecule has 6 aromatic rings. The molecule has 3 fully saturated rings. The minimum Gasteiger partial charge on any atom is -0.508 e. The number of primary amides is 1. The molecule has 0 unspecified atom stereocenters. The number of phenols is 3. The van der Waals surface area contributed by atoms with E-state index in [0.29, 0.717) is 90.7 Å². The van der Waals surface area contributed by atoms with E-state index in [9.17, 15) is 49.2 Å². The van der Waals surface area contributed by atoms with Crippen LogP contribution in [0.4, 0.5) is 0 Å². The van der Waals surface area contributed by atoms with Crippen LogP contribution in [0, 0.1) is 35.5 Å². The minimum absolute atomic E-state index is 0.0251. The molecule has 558 valence electrons. The molecule has 0 spiro atoms. The fourth-order valence-corrected chi connectivity index (χ4v) is 14.6. The maximum atomic E-state index is 12.7. The smallest absolute Gasteiger partial charge is 0.337 e. The number of nitrogens with one attached hydrogen (secondary N) is 3. The normalized spacial score (nSPS) is 21.7. The van der Waals surface area contributed by atoms with E-state index in [2.05, 4.69) is 126 Å². The fraction of sp³-hybridized carbons (Fsp3) is 0.506. The second-order valence-electron chi connectivity index (χ2n) is 31.1. The number of hydrogen-bond donors (Lipinski definition) is 8. The number of rotatable bonds is 27. The van der Waals surface area contributed by atoms with Crippen LogP contribution < -0.4 is 21.7 Å². The number of nitrogens with two attached hydrogens (primary N) is 1. The van der Waals surface area contributed by atoms with Gasteiger partial charge in [-0.2, -0.15) is 0 Å². The van der Waals surface area contributed by atoms with Crippen molar-refractivity contribution in [2.45, 2.75) is 175 Å². The molecule has 0 aromatic heterocycles.